The molecule has 10 nitrogen and oxygen atoms in total. The molecule has 10 heteroatoms. The Hall–Kier alpha value is -3.30. The van der Waals surface area contributed by atoms with E-state index < -0.39 is 28.9 Å². The molecule has 1 heterocycles. The standard InChI is InChI=1S/C18H23N3O7/c1-5-26-13-9-11(8-12(21(24)25)16(13)27-6-2)15-14(17(22)28-7-3)10(4)19-18(23)20-15/h8-9,14-15H,4-7H2,1-3H3,(H2,19,20,23)/t14-,15+/m1/s1. The Morgan fingerprint density at radius 1 is 1.21 bits per heavy atom. The number of nitrogens with zero attached hydrogens (tertiary/aromatic N) is 1. The Kier molecular flexibility index (Phi) is 6.80. The van der Waals surface area contributed by atoms with Crippen LogP contribution in [0.2, 0.25) is 0 Å². The van der Waals surface area contributed by atoms with E-state index in [4.69, 9.17) is 14.2 Å². The summed E-state index contributed by atoms with van der Waals surface area (Å²) in [5.41, 5.74) is 0.109. The van der Waals surface area contributed by atoms with Gasteiger partial charge in [-0.25, -0.2) is 4.79 Å². The molecule has 0 aromatic heterocycles. The molecular weight excluding hydrogens is 370 g/mol. The van der Waals surface area contributed by atoms with Crippen molar-refractivity contribution in [1.82, 2.24) is 10.6 Å². The quantitative estimate of drug-likeness (QED) is 0.394. The molecule has 0 bridgehead atoms. The van der Waals surface area contributed by atoms with Crippen molar-refractivity contribution in [3.8, 4) is 11.5 Å². The van der Waals surface area contributed by atoms with Gasteiger partial charge in [0.15, 0.2) is 5.75 Å². The third-order valence-electron chi connectivity index (χ3n) is 4.01. The zero-order chi connectivity index (χ0) is 20.8. The number of benzene rings is 1. The number of nitro benzene ring substituents is 1. The minimum atomic E-state index is -0.968. The molecule has 0 aliphatic carbocycles. The fourth-order valence-corrected chi connectivity index (χ4v) is 2.95. The van der Waals surface area contributed by atoms with Crippen LogP contribution in [0.25, 0.3) is 0 Å². The highest BCUT2D eigenvalue weighted by Gasteiger charge is 2.40. The summed E-state index contributed by atoms with van der Waals surface area (Å²) >= 11 is 0. The first-order valence-electron chi connectivity index (χ1n) is 8.84. The van der Waals surface area contributed by atoms with Gasteiger partial charge in [0.05, 0.1) is 30.8 Å². The molecule has 0 saturated carbocycles. The molecule has 1 aliphatic rings. The number of hydrogen-bond donors (Lipinski definition) is 2. The zero-order valence-corrected chi connectivity index (χ0v) is 15.9. The topological polar surface area (TPSA) is 129 Å². The van der Waals surface area contributed by atoms with E-state index in [2.05, 4.69) is 17.2 Å². The Bertz CT molecular complexity index is 794. The highest BCUT2D eigenvalue weighted by atomic mass is 16.6. The molecule has 0 unspecified atom stereocenters. The fourth-order valence-electron chi connectivity index (χ4n) is 2.95. The van der Waals surface area contributed by atoms with Gasteiger partial charge in [0.25, 0.3) is 0 Å². The molecule has 0 radical (unpaired) electrons. The third kappa shape index (κ3) is 4.33. The number of hydrogen-bond acceptors (Lipinski definition) is 7. The van der Waals surface area contributed by atoms with Crippen molar-refractivity contribution in [3.05, 3.63) is 40.1 Å². The van der Waals surface area contributed by atoms with Crippen LogP contribution in [0, 0.1) is 16.0 Å². The molecule has 1 saturated heterocycles. The van der Waals surface area contributed by atoms with Crippen LogP contribution in [0.5, 0.6) is 11.5 Å². The van der Waals surface area contributed by atoms with Crippen molar-refractivity contribution < 1.29 is 28.7 Å². The van der Waals surface area contributed by atoms with Gasteiger partial charge in [-0.1, -0.05) is 6.58 Å². The van der Waals surface area contributed by atoms with Crippen LogP contribution in [-0.2, 0) is 9.53 Å². The molecule has 2 N–H and O–H groups in total. The monoisotopic (exact) mass is 393 g/mol. The number of nitro groups is 1. The molecule has 2 rings (SSSR count). The van der Waals surface area contributed by atoms with Gasteiger partial charge in [-0.05, 0) is 32.4 Å². The van der Waals surface area contributed by atoms with Crippen molar-refractivity contribution in [3.63, 3.8) is 0 Å². The maximum Gasteiger partial charge on any atom is 0.319 e. The summed E-state index contributed by atoms with van der Waals surface area (Å²) in [6.07, 6.45) is 0. The minimum Gasteiger partial charge on any atom is -0.490 e. The minimum absolute atomic E-state index is 0.00938. The van der Waals surface area contributed by atoms with Crippen LogP contribution in [0.1, 0.15) is 32.4 Å². The van der Waals surface area contributed by atoms with E-state index in [1.165, 1.54) is 12.1 Å². The first kappa shape index (κ1) is 21.0. The van der Waals surface area contributed by atoms with Crippen molar-refractivity contribution in [1.29, 1.82) is 0 Å². The zero-order valence-electron chi connectivity index (χ0n) is 15.9. The summed E-state index contributed by atoms with van der Waals surface area (Å²) in [7, 11) is 0. The number of esters is 1. The lowest BCUT2D eigenvalue weighted by atomic mass is 9.88. The van der Waals surface area contributed by atoms with Gasteiger partial charge in [0, 0.05) is 11.8 Å². The van der Waals surface area contributed by atoms with Crippen molar-refractivity contribution in [2.75, 3.05) is 19.8 Å². The van der Waals surface area contributed by atoms with Crippen LogP contribution < -0.4 is 20.1 Å². The van der Waals surface area contributed by atoms with Crippen molar-refractivity contribution >= 4 is 17.7 Å². The van der Waals surface area contributed by atoms with E-state index >= 15 is 0 Å². The summed E-state index contributed by atoms with van der Waals surface area (Å²) in [6, 6.07) is 1.26. The summed E-state index contributed by atoms with van der Waals surface area (Å²) in [5.74, 6) is -1.44. The molecule has 0 spiro atoms. The van der Waals surface area contributed by atoms with E-state index in [9.17, 15) is 19.7 Å². The number of carbonyl (C=O) groups is 2. The maximum atomic E-state index is 12.4. The molecule has 28 heavy (non-hydrogen) atoms. The van der Waals surface area contributed by atoms with E-state index in [0.717, 1.165) is 0 Å². The number of nitrogens with one attached hydrogen (secondary N) is 2. The molecule has 1 fully saturated rings. The summed E-state index contributed by atoms with van der Waals surface area (Å²) < 4.78 is 16.0. The number of carbonyl (C=O) groups excluding carboxylic acids is 2. The smallest absolute Gasteiger partial charge is 0.319 e. The molecule has 1 aromatic rings. The summed E-state index contributed by atoms with van der Waals surface area (Å²) in [5, 5.41) is 16.6. The van der Waals surface area contributed by atoms with Crippen LogP contribution in [-0.4, -0.2) is 36.7 Å². The lowest BCUT2D eigenvalue weighted by molar-refractivity contribution is -0.386. The summed E-state index contributed by atoms with van der Waals surface area (Å²) in [6.45, 7) is 9.38. The van der Waals surface area contributed by atoms with Gasteiger partial charge in [-0.15, -0.1) is 0 Å². The second-order valence-electron chi connectivity index (χ2n) is 5.82. The van der Waals surface area contributed by atoms with E-state index in [1.54, 1.807) is 20.8 Å². The summed E-state index contributed by atoms with van der Waals surface area (Å²) in [4.78, 5) is 35.4. The van der Waals surface area contributed by atoms with Gasteiger partial charge in [-0.3, -0.25) is 14.9 Å². The van der Waals surface area contributed by atoms with Crippen LogP contribution in [0.4, 0.5) is 10.5 Å². The highest BCUT2D eigenvalue weighted by molar-refractivity contribution is 5.85. The molecule has 2 atom stereocenters. The van der Waals surface area contributed by atoms with Crippen molar-refractivity contribution in [2.24, 2.45) is 5.92 Å². The maximum absolute atomic E-state index is 12.4. The highest BCUT2D eigenvalue weighted by Crippen LogP contribution is 2.42. The lowest BCUT2D eigenvalue weighted by Gasteiger charge is -2.33. The van der Waals surface area contributed by atoms with Crippen LogP contribution in [0.15, 0.2) is 24.4 Å². The van der Waals surface area contributed by atoms with E-state index in [0.29, 0.717) is 5.56 Å². The lowest BCUT2D eigenvalue weighted by Crippen LogP contribution is -2.51. The van der Waals surface area contributed by atoms with Crippen LogP contribution in [0.3, 0.4) is 0 Å². The first-order valence-corrected chi connectivity index (χ1v) is 8.84. The SMILES string of the molecule is C=C1NC(=O)N[C@@H](c2cc(OCC)c(OCC)c([N+](=O)[O-])c2)[C@@H]1C(=O)OCC. The van der Waals surface area contributed by atoms with Gasteiger partial charge in [0.1, 0.15) is 5.92 Å². The second kappa shape index (κ2) is 9.07. The molecular formula is C18H23N3O7. The number of amides is 2. The normalized spacial score (nSPS) is 18.7. The molecule has 1 aliphatic heterocycles. The third-order valence-corrected chi connectivity index (χ3v) is 4.01. The molecule has 152 valence electrons. The predicted molar refractivity (Wildman–Crippen MR) is 99.1 cm³/mol. The fraction of sp³-hybridized carbons (Fsp3) is 0.444. The first-order chi connectivity index (χ1) is 13.3. The Balaban J connectivity index is 2.61. The Morgan fingerprint density at radius 2 is 1.89 bits per heavy atom. The van der Waals surface area contributed by atoms with Gasteiger partial charge >= 0.3 is 17.7 Å². The van der Waals surface area contributed by atoms with Crippen molar-refractivity contribution in [2.45, 2.75) is 26.8 Å². The van der Waals surface area contributed by atoms with Crippen LogP contribution >= 0.6 is 0 Å². The predicted octanol–water partition coefficient (Wildman–Crippen LogP) is 2.44. The largest absolute Gasteiger partial charge is 0.490 e. The van der Waals surface area contributed by atoms with Gasteiger partial charge < -0.3 is 24.8 Å². The Morgan fingerprint density at radius 3 is 2.46 bits per heavy atom. The molecule has 2 amide bonds. The average molecular weight is 393 g/mol. The molecule has 1 aromatic carbocycles. The number of rotatable bonds is 8. The number of ether oxygens (including phenoxy) is 3. The van der Waals surface area contributed by atoms with E-state index in [-0.39, 0.29) is 42.7 Å². The van der Waals surface area contributed by atoms with E-state index in [1.807, 2.05) is 0 Å². The number of urea groups is 1. The Labute approximate surface area is 162 Å². The average Bonchev–Trinajstić information content (AvgIpc) is 2.62. The van der Waals surface area contributed by atoms with Gasteiger partial charge in [0.2, 0.25) is 5.75 Å². The second-order valence-corrected chi connectivity index (χ2v) is 5.82. The van der Waals surface area contributed by atoms with Gasteiger partial charge in [-0.2, -0.15) is 0 Å².